The average molecular weight is 583 g/mol. The number of carbonyl (C=O) groups excluding carboxylic acids is 3. The van der Waals surface area contributed by atoms with Gasteiger partial charge in [-0.2, -0.15) is 0 Å². The van der Waals surface area contributed by atoms with E-state index in [-0.39, 0.29) is 29.9 Å². The highest BCUT2D eigenvalue weighted by Crippen LogP contribution is 2.30. The quantitative estimate of drug-likeness (QED) is 0.212. The Bertz CT molecular complexity index is 1480. The molecular weight excluding hydrogens is 552 g/mol. The van der Waals surface area contributed by atoms with Gasteiger partial charge in [-0.3, -0.25) is 0 Å². The van der Waals surface area contributed by atoms with Crippen LogP contribution in [0.25, 0.3) is 0 Å². The fraction of sp³-hybridized carbons (Fsp3) is 0.206. The van der Waals surface area contributed by atoms with Crippen molar-refractivity contribution in [1.82, 2.24) is 0 Å². The molecule has 43 heavy (non-hydrogen) atoms. The van der Waals surface area contributed by atoms with E-state index in [4.69, 9.17) is 23.7 Å². The third-order valence-corrected chi connectivity index (χ3v) is 6.76. The van der Waals surface area contributed by atoms with Crippen molar-refractivity contribution in [2.45, 2.75) is 37.3 Å². The topological polar surface area (TPSA) is 118 Å². The maximum atomic E-state index is 13.3. The smallest absolute Gasteiger partial charge is 0.338 e. The second kappa shape index (κ2) is 14.4. The van der Waals surface area contributed by atoms with Crippen LogP contribution >= 0.6 is 0 Å². The molecule has 1 fully saturated rings. The van der Waals surface area contributed by atoms with E-state index in [1.807, 2.05) is 30.3 Å². The summed E-state index contributed by atoms with van der Waals surface area (Å²) in [4.78, 5) is 39.6. The molecule has 1 N–H and O–H groups in total. The lowest BCUT2D eigenvalue weighted by atomic mass is 9.97. The van der Waals surface area contributed by atoms with E-state index in [1.54, 1.807) is 78.9 Å². The molecule has 9 heteroatoms. The van der Waals surface area contributed by atoms with E-state index < -0.39 is 48.6 Å². The zero-order valence-corrected chi connectivity index (χ0v) is 23.1. The molecule has 0 saturated carbocycles. The summed E-state index contributed by atoms with van der Waals surface area (Å²) in [5, 5.41) is 11.1. The molecule has 9 nitrogen and oxygen atoms in total. The van der Waals surface area contributed by atoms with Crippen molar-refractivity contribution in [2.24, 2.45) is 0 Å². The SMILES string of the molecule is O=C(OC1C(O)OC(COCc2ccccc2)[C@H](OC(=O)c2ccccc2)C1OC(=O)c1ccccc1)c1ccccc1. The van der Waals surface area contributed by atoms with E-state index in [0.717, 1.165) is 5.56 Å². The number of rotatable bonds is 10. The molecule has 0 radical (unpaired) electrons. The Hall–Kier alpha value is -4.83. The highest BCUT2D eigenvalue weighted by Gasteiger charge is 2.52. The van der Waals surface area contributed by atoms with Gasteiger partial charge < -0.3 is 28.8 Å². The lowest BCUT2D eigenvalue weighted by Crippen LogP contribution is -2.62. The molecular formula is C34H30O9. The summed E-state index contributed by atoms with van der Waals surface area (Å²) >= 11 is 0. The fourth-order valence-electron chi connectivity index (χ4n) is 4.60. The molecule has 5 rings (SSSR count). The summed E-state index contributed by atoms with van der Waals surface area (Å²) in [5.74, 6) is -2.29. The summed E-state index contributed by atoms with van der Waals surface area (Å²) in [6, 6.07) is 33.9. The van der Waals surface area contributed by atoms with Crippen molar-refractivity contribution >= 4 is 17.9 Å². The van der Waals surface area contributed by atoms with Crippen LogP contribution in [0.2, 0.25) is 0 Å². The number of hydrogen-bond donors (Lipinski definition) is 1. The van der Waals surface area contributed by atoms with Gasteiger partial charge in [-0.05, 0) is 42.0 Å². The lowest BCUT2D eigenvalue weighted by Gasteiger charge is -2.43. The number of aliphatic hydroxyl groups excluding tert-OH is 1. The van der Waals surface area contributed by atoms with Crippen LogP contribution in [0, 0.1) is 0 Å². The summed E-state index contributed by atoms with van der Waals surface area (Å²) in [6.07, 6.45) is -7.15. The average Bonchev–Trinajstić information content (AvgIpc) is 3.05. The van der Waals surface area contributed by atoms with Crippen LogP contribution < -0.4 is 0 Å². The second-order valence-electron chi connectivity index (χ2n) is 9.77. The maximum Gasteiger partial charge on any atom is 0.338 e. The van der Waals surface area contributed by atoms with Crippen LogP contribution in [0.1, 0.15) is 36.6 Å². The first-order valence-electron chi connectivity index (χ1n) is 13.7. The molecule has 1 saturated heterocycles. The van der Waals surface area contributed by atoms with Crippen molar-refractivity contribution in [3.8, 4) is 0 Å². The van der Waals surface area contributed by atoms with Gasteiger partial charge >= 0.3 is 17.9 Å². The first-order valence-corrected chi connectivity index (χ1v) is 13.7. The minimum atomic E-state index is -1.74. The molecule has 220 valence electrons. The molecule has 0 spiro atoms. The Morgan fingerprint density at radius 1 is 0.558 bits per heavy atom. The minimum Gasteiger partial charge on any atom is -0.452 e. The van der Waals surface area contributed by atoms with Crippen LogP contribution in [0.5, 0.6) is 0 Å². The standard InChI is InChI=1S/C34H30O9/c35-31(24-15-7-2-8-16-24)41-28-27(22-39-21-23-13-5-1-6-14-23)40-34(38)30(43-33(37)26-19-11-4-12-20-26)29(28)42-32(36)25-17-9-3-10-18-25/h1-20,27-30,34,38H,21-22H2/t27?,28-,29?,30?,34?/m0/s1. The van der Waals surface area contributed by atoms with E-state index in [1.165, 1.54) is 12.1 Å². The van der Waals surface area contributed by atoms with Gasteiger partial charge in [0, 0.05) is 0 Å². The molecule has 0 aromatic heterocycles. The number of hydrogen-bond acceptors (Lipinski definition) is 9. The third-order valence-electron chi connectivity index (χ3n) is 6.76. The number of ether oxygens (including phenoxy) is 5. The minimum absolute atomic E-state index is 0.141. The molecule has 0 aliphatic carbocycles. The molecule has 4 unspecified atom stereocenters. The largest absolute Gasteiger partial charge is 0.452 e. The third kappa shape index (κ3) is 7.72. The van der Waals surface area contributed by atoms with E-state index in [0.29, 0.717) is 0 Å². The lowest BCUT2D eigenvalue weighted by molar-refractivity contribution is -0.286. The monoisotopic (exact) mass is 582 g/mol. The summed E-state index contributed by atoms with van der Waals surface area (Å²) < 4.78 is 29.1. The highest BCUT2D eigenvalue weighted by atomic mass is 16.7. The van der Waals surface area contributed by atoms with Gasteiger partial charge in [0.2, 0.25) is 0 Å². The number of benzene rings is 4. The Labute approximate surface area is 248 Å². The zero-order valence-electron chi connectivity index (χ0n) is 23.1. The predicted molar refractivity (Wildman–Crippen MR) is 154 cm³/mol. The van der Waals surface area contributed by atoms with Gasteiger partial charge in [0.15, 0.2) is 24.6 Å². The van der Waals surface area contributed by atoms with Crippen molar-refractivity contribution in [3.63, 3.8) is 0 Å². The van der Waals surface area contributed by atoms with Gasteiger partial charge in [-0.15, -0.1) is 0 Å². The maximum absolute atomic E-state index is 13.3. The van der Waals surface area contributed by atoms with Gasteiger partial charge in [0.1, 0.15) is 6.10 Å². The van der Waals surface area contributed by atoms with E-state index in [9.17, 15) is 19.5 Å². The van der Waals surface area contributed by atoms with Gasteiger partial charge in [0.05, 0.1) is 29.9 Å². The summed E-state index contributed by atoms with van der Waals surface area (Å²) in [5.41, 5.74) is 1.54. The van der Waals surface area contributed by atoms with E-state index in [2.05, 4.69) is 0 Å². The second-order valence-corrected chi connectivity index (χ2v) is 9.77. The Morgan fingerprint density at radius 3 is 1.42 bits per heavy atom. The number of esters is 3. The van der Waals surface area contributed by atoms with Crippen molar-refractivity contribution in [1.29, 1.82) is 0 Å². The van der Waals surface area contributed by atoms with Crippen LogP contribution in [0.15, 0.2) is 121 Å². The Kier molecular flexibility index (Phi) is 9.91. The molecule has 0 bridgehead atoms. The molecule has 5 atom stereocenters. The van der Waals surface area contributed by atoms with E-state index >= 15 is 0 Å². The van der Waals surface area contributed by atoms with Crippen LogP contribution in [0.4, 0.5) is 0 Å². The summed E-state index contributed by atoms with van der Waals surface area (Å²) in [6.45, 7) is 0.0640. The first-order chi connectivity index (χ1) is 21.0. The molecule has 4 aromatic rings. The Morgan fingerprint density at radius 2 is 0.953 bits per heavy atom. The Balaban J connectivity index is 1.45. The van der Waals surface area contributed by atoms with Crippen molar-refractivity contribution < 1.29 is 43.2 Å². The highest BCUT2D eigenvalue weighted by molar-refractivity contribution is 5.91. The van der Waals surface area contributed by atoms with Gasteiger partial charge in [0.25, 0.3) is 0 Å². The predicted octanol–water partition coefficient (Wildman–Crippen LogP) is 4.60. The van der Waals surface area contributed by atoms with Gasteiger partial charge in [-0.25, -0.2) is 14.4 Å². The van der Waals surface area contributed by atoms with Crippen LogP contribution in [-0.4, -0.2) is 60.3 Å². The molecule has 1 heterocycles. The zero-order chi connectivity index (χ0) is 30.0. The normalized spacial score (nSPS) is 21.4. The molecule has 4 aromatic carbocycles. The fourth-order valence-corrected chi connectivity index (χ4v) is 4.60. The van der Waals surface area contributed by atoms with Crippen LogP contribution in [0.3, 0.4) is 0 Å². The van der Waals surface area contributed by atoms with Gasteiger partial charge in [-0.1, -0.05) is 84.9 Å². The molecule has 0 amide bonds. The summed E-state index contributed by atoms with van der Waals surface area (Å²) in [7, 11) is 0. The van der Waals surface area contributed by atoms with Crippen molar-refractivity contribution in [2.75, 3.05) is 6.61 Å². The number of carbonyl (C=O) groups is 3. The first kappa shape index (κ1) is 29.7. The molecule has 1 aliphatic rings. The number of aliphatic hydroxyl groups is 1. The molecule has 1 aliphatic heterocycles. The van der Waals surface area contributed by atoms with Crippen LogP contribution in [-0.2, 0) is 30.3 Å². The van der Waals surface area contributed by atoms with Crippen molar-refractivity contribution in [3.05, 3.63) is 144 Å².